The van der Waals surface area contributed by atoms with Crippen LogP contribution >= 0.6 is 0 Å². The SMILES string of the molecule is O=C1Nc2cc(C(F)(F)F)ccc2/C1=C\c1ccco1. The van der Waals surface area contributed by atoms with Gasteiger partial charge in [0.1, 0.15) is 5.76 Å². The van der Waals surface area contributed by atoms with E-state index in [-0.39, 0.29) is 11.3 Å². The summed E-state index contributed by atoms with van der Waals surface area (Å²) in [7, 11) is 0. The third-order valence-corrected chi connectivity index (χ3v) is 2.96. The molecule has 1 aromatic heterocycles. The van der Waals surface area contributed by atoms with Gasteiger partial charge in [-0.15, -0.1) is 0 Å². The quantitative estimate of drug-likeness (QED) is 0.807. The lowest BCUT2D eigenvalue weighted by Crippen LogP contribution is -2.06. The molecule has 6 heteroatoms. The van der Waals surface area contributed by atoms with E-state index in [1.807, 2.05) is 0 Å². The second kappa shape index (κ2) is 4.26. The second-order valence-corrected chi connectivity index (χ2v) is 4.29. The average molecular weight is 279 g/mol. The maximum Gasteiger partial charge on any atom is 0.416 e. The molecular formula is C14H8F3NO2. The molecule has 1 amide bonds. The molecule has 20 heavy (non-hydrogen) atoms. The topological polar surface area (TPSA) is 42.2 Å². The highest BCUT2D eigenvalue weighted by atomic mass is 19.4. The van der Waals surface area contributed by atoms with Gasteiger partial charge in [-0.25, -0.2) is 0 Å². The van der Waals surface area contributed by atoms with Crippen molar-refractivity contribution >= 4 is 23.2 Å². The normalized spacial score (nSPS) is 16.4. The lowest BCUT2D eigenvalue weighted by molar-refractivity contribution is -0.137. The van der Waals surface area contributed by atoms with Crippen LogP contribution in [0.5, 0.6) is 0 Å². The highest BCUT2D eigenvalue weighted by molar-refractivity contribution is 6.34. The van der Waals surface area contributed by atoms with E-state index in [4.69, 9.17) is 4.42 Å². The van der Waals surface area contributed by atoms with Crippen molar-refractivity contribution in [3.8, 4) is 0 Å². The Hall–Kier alpha value is -2.50. The van der Waals surface area contributed by atoms with E-state index in [1.54, 1.807) is 12.1 Å². The van der Waals surface area contributed by atoms with E-state index in [1.165, 1.54) is 18.4 Å². The second-order valence-electron chi connectivity index (χ2n) is 4.29. The van der Waals surface area contributed by atoms with Crippen LogP contribution in [0.1, 0.15) is 16.9 Å². The Morgan fingerprint density at radius 1 is 1.20 bits per heavy atom. The Bertz CT molecular complexity index is 700. The van der Waals surface area contributed by atoms with Crippen molar-refractivity contribution in [3.63, 3.8) is 0 Å². The third kappa shape index (κ3) is 2.09. The number of halogens is 3. The molecule has 1 aromatic carbocycles. The molecule has 1 aliphatic rings. The summed E-state index contributed by atoms with van der Waals surface area (Å²) in [6.45, 7) is 0. The van der Waals surface area contributed by atoms with E-state index in [9.17, 15) is 18.0 Å². The van der Waals surface area contributed by atoms with Gasteiger partial charge < -0.3 is 9.73 Å². The summed E-state index contributed by atoms with van der Waals surface area (Å²) < 4.78 is 42.9. The number of amides is 1. The monoisotopic (exact) mass is 279 g/mol. The average Bonchev–Trinajstić information content (AvgIpc) is 2.97. The fraction of sp³-hybridized carbons (Fsp3) is 0.0714. The predicted molar refractivity (Wildman–Crippen MR) is 66.7 cm³/mol. The number of fused-ring (bicyclic) bond motifs is 1. The van der Waals surface area contributed by atoms with Crippen molar-refractivity contribution in [1.82, 2.24) is 0 Å². The number of carbonyl (C=O) groups excluding carboxylic acids is 1. The minimum absolute atomic E-state index is 0.155. The van der Waals surface area contributed by atoms with Gasteiger partial charge in [0.25, 0.3) is 5.91 Å². The fourth-order valence-electron chi connectivity index (χ4n) is 2.03. The summed E-state index contributed by atoms with van der Waals surface area (Å²) >= 11 is 0. The molecule has 0 bridgehead atoms. The van der Waals surface area contributed by atoms with E-state index in [0.29, 0.717) is 11.3 Å². The lowest BCUT2D eigenvalue weighted by atomic mass is 10.0. The zero-order chi connectivity index (χ0) is 14.3. The minimum atomic E-state index is -4.44. The summed E-state index contributed by atoms with van der Waals surface area (Å²) in [5.74, 6) is 0.0126. The number of alkyl halides is 3. The summed E-state index contributed by atoms with van der Waals surface area (Å²) in [6.07, 6.45) is -1.49. The van der Waals surface area contributed by atoms with Gasteiger partial charge in [0, 0.05) is 11.3 Å². The molecule has 102 valence electrons. The van der Waals surface area contributed by atoms with Crippen LogP contribution in [0.15, 0.2) is 41.0 Å². The van der Waals surface area contributed by atoms with Gasteiger partial charge in [0.2, 0.25) is 0 Å². The number of furan rings is 1. The molecule has 3 rings (SSSR count). The minimum Gasteiger partial charge on any atom is -0.465 e. The Balaban J connectivity index is 2.06. The van der Waals surface area contributed by atoms with Crippen molar-refractivity contribution in [3.05, 3.63) is 53.5 Å². The van der Waals surface area contributed by atoms with E-state index in [2.05, 4.69) is 5.32 Å². The van der Waals surface area contributed by atoms with E-state index < -0.39 is 17.6 Å². The van der Waals surface area contributed by atoms with Crippen LogP contribution in [0, 0.1) is 0 Å². The van der Waals surface area contributed by atoms with Gasteiger partial charge in [0.15, 0.2) is 0 Å². The molecule has 0 saturated carbocycles. The Kier molecular flexibility index (Phi) is 2.67. The molecule has 2 heterocycles. The van der Waals surface area contributed by atoms with Crippen LogP contribution < -0.4 is 5.32 Å². The van der Waals surface area contributed by atoms with Gasteiger partial charge in [-0.3, -0.25) is 4.79 Å². The van der Waals surface area contributed by atoms with Crippen LogP contribution in [0.4, 0.5) is 18.9 Å². The molecule has 0 spiro atoms. The molecule has 0 saturated heterocycles. The molecule has 0 fully saturated rings. The van der Waals surface area contributed by atoms with Crippen LogP contribution in [-0.4, -0.2) is 5.91 Å². The molecule has 2 aromatic rings. The molecule has 3 nitrogen and oxygen atoms in total. The van der Waals surface area contributed by atoms with Gasteiger partial charge in [-0.1, -0.05) is 6.07 Å². The first kappa shape index (κ1) is 12.5. The summed E-state index contributed by atoms with van der Waals surface area (Å²) in [6, 6.07) is 6.48. The van der Waals surface area contributed by atoms with Crippen molar-refractivity contribution in [2.75, 3.05) is 5.32 Å². The summed E-state index contributed by atoms with van der Waals surface area (Å²) in [5, 5.41) is 2.42. The van der Waals surface area contributed by atoms with E-state index in [0.717, 1.165) is 12.1 Å². The lowest BCUT2D eigenvalue weighted by Gasteiger charge is -2.07. The van der Waals surface area contributed by atoms with Gasteiger partial charge in [-0.05, 0) is 30.3 Å². The smallest absolute Gasteiger partial charge is 0.416 e. The first-order valence-corrected chi connectivity index (χ1v) is 5.73. The molecular weight excluding hydrogens is 271 g/mol. The van der Waals surface area contributed by atoms with Gasteiger partial charge >= 0.3 is 6.18 Å². The predicted octanol–water partition coefficient (Wildman–Crippen LogP) is 3.79. The number of nitrogens with one attached hydrogen (secondary N) is 1. The van der Waals surface area contributed by atoms with Crippen LogP contribution in [0.3, 0.4) is 0 Å². The van der Waals surface area contributed by atoms with Crippen molar-refractivity contribution in [1.29, 1.82) is 0 Å². The van der Waals surface area contributed by atoms with Crippen LogP contribution in [0.2, 0.25) is 0 Å². The number of hydrogen-bond acceptors (Lipinski definition) is 2. The molecule has 0 atom stereocenters. The number of hydrogen-bond donors (Lipinski definition) is 1. The molecule has 0 aliphatic carbocycles. The summed E-state index contributed by atoms with van der Waals surface area (Å²) in [5.41, 5.74) is 0.0708. The largest absolute Gasteiger partial charge is 0.465 e. The molecule has 0 radical (unpaired) electrons. The number of anilines is 1. The first-order chi connectivity index (χ1) is 9.45. The van der Waals surface area contributed by atoms with Crippen LogP contribution in [-0.2, 0) is 11.0 Å². The highest BCUT2D eigenvalue weighted by Crippen LogP contribution is 2.38. The third-order valence-electron chi connectivity index (χ3n) is 2.96. The first-order valence-electron chi connectivity index (χ1n) is 5.73. The number of rotatable bonds is 1. The molecule has 0 unspecified atom stereocenters. The number of benzene rings is 1. The summed E-state index contributed by atoms with van der Waals surface area (Å²) in [4.78, 5) is 11.8. The van der Waals surface area contributed by atoms with Crippen molar-refractivity contribution in [2.24, 2.45) is 0 Å². The standard InChI is InChI=1S/C14H8F3NO2/c15-14(16,17)8-3-4-10-11(7-9-2-1-5-20-9)13(19)18-12(10)6-8/h1-7H,(H,18,19)/b11-7+. The zero-order valence-corrected chi connectivity index (χ0v) is 9.99. The van der Waals surface area contributed by atoms with Gasteiger partial charge in [0.05, 0.1) is 17.4 Å². The molecule has 1 N–H and O–H groups in total. The molecule has 1 aliphatic heterocycles. The van der Waals surface area contributed by atoms with E-state index >= 15 is 0 Å². The highest BCUT2D eigenvalue weighted by Gasteiger charge is 2.33. The van der Waals surface area contributed by atoms with Gasteiger partial charge in [-0.2, -0.15) is 13.2 Å². The van der Waals surface area contributed by atoms with Crippen molar-refractivity contribution in [2.45, 2.75) is 6.18 Å². The Labute approximate surface area is 111 Å². The maximum absolute atomic E-state index is 12.6. The fourth-order valence-corrected chi connectivity index (χ4v) is 2.03. The van der Waals surface area contributed by atoms with Crippen molar-refractivity contribution < 1.29 is 22.4 Å². The number of carbonyl (C=O) groups is 1. The Morgan fingerprint density at radius 3 is 2.65 bits per heavy atom. The van der Waals surface area contributed by atoms with Crippen LogP contribution in [0.25, 0.3) is 11.6 Å². The Morgan fingerprint density at radius 2 is 2.00 bits per heavy atom. The zero-order valence-electron chi connectivity index (χ0n) is 9.99. The maximum atomic E-state index is 12.6.